The average Bonchev–Trinajstić information content (AvgIpc) is 3.06. The number of nitrogens with one attached hydrogen (secondary N) is 1. The average molecular weight is 329 g/mol. The highest BCUT2D eigenvalue weighted by atomic mass is 19.1. The summed E-state index contributed by atoms with van der Waals surface area (Å²) in [5, 5.41) is 16.6. The molecule has 0 amide bonds. The summed E-state index contributed by atoms with van der Waals surface area (Å²) in [6.07, 6.45) is 3.60. The molecule has 0 saturated carbocycles. The van der Waals surface area contributed by atoms with Crippen LogP contribution in [0.4, 0.5) is 8.78 Å². The van der Waals surface area contributed by atoms with Gasteiger partial charge in [0.2, 0.25) is 0 Å². The van der Waals surface area contributed by atoms with Crippen LogP contribution in [0.1, 0.15) is 16.7 Å². The number of halogens is 2. The molecule has 0 aliphatic heterocycles. The van der Waals surface area contributed by atoms with E-state index < -0.39 is 5.82 Å². The molecular formula is C18H17F2N3O. The van der Waals surface area contributed by atoms with Gasteiger partial charge in [-0.05, 0) is 42.0 Å². The van der Waals surface area contributed by atoms with Crippen LogP contribution in [-0.4, -0.2) is 14.9 Å². The SMILES string of the molecule is OCc1cc(CNCc2cnn(-c3ccc(F)cc3)c2)ccc1F. The zero-order valence-electron chi connectivity index (χ0n) is 12.9. The van der Waals surface area contributed by atoms with Crippen LogP contribution in [-0.2, 0) is 19.7 Å². The number of aromatic nitrogens is 2. The van der Waals surface area contributed by atoms with Crippen LogP contribution in [0.25, 0.3) is 5.69 Å². The second-order valence-corrected chi connectivity index (χ2v) is 5.46. The smallest absolute Gasteiger partial charge is 0.128 e. The van der Waals surface area contributed by atoms with Crippen LogP contribution in [0.15, 0.2) is 54.9 Å². The Morgan fingerprint density at radius 3 is 2.50 bits per heavy atom. The third-order valence-corrected chi connectivity index (χ3v) is 3.67. The van der Waals surface area contributed by atoms with E-state index in [4.69, 9.17) is 5.11 Å². The van der Waals surface area contributed by atoms with Crippen molar-refractivity contribution in [1.82, 2.24) is 15.1 Å². The Hall–Kier alpha value is -2.57. The standard InChI is InChI=1S/C18H17F2N3O/c19-16-2-4-17(5-3-16)23-11-14(10-22-23)9-21-8-13-1-6-18(20)15(7-13)12-24/h1-7,10-11,21,24H,8-9,12H2. The van der Waals surface area contributed by atoms with Crippen LogP contribution < -0.4 is 5.32 Å². The summed E-state index contributed by atoms with van der Waals surface area (Å²) >= 11 is 0. The molecule has 24 heavy (non-hydrogen) atoms. The van der Waals surface area contributed by atoms with Crippen molar-refractivity contribution < 1.29 is 13.9 Å². The number of hydrogen-bond acceptors (Lipinski definition) is 3. The Morgan fingerprint density at radius 1 is 1.00 bits per heavy atom. The summed E-state index contributed by atoms with van der Waals surface area (Å²) in [5.41, 5.74) is 2.95. The summed E-state index contributed by atoms with van der Waals surface area (Å²) < 4.78 is 27.9. The highest BCUT2D eigenvalue weighted by molar-refractivity contribution is 5.31. The normalized spacial score (nSPS) is 11.0. The van der Waals surface area contributed by atoms with E-state index in [0.717, 1.165) is 16.8 Å². The lowest BCUT2D eigenvalue weighted by Gasteiger charge is -2.06. The van der Waals surface area contributed by atoms with Crippen molar-refractivity contribution in [3.05, 3.63) is 83.2 Å². The van der Waals surface area contributed by atoms with Gasteiger partial charge in [-0.3, -0.25) is 0 Å². The van der Waals surface area contributed by atoms with Crippen molar-refractivity contribution >= 4 is 0 Å². The first-order valence-electron chi connectivity index (χ1n) is 7.54. The van der Waals surface area contributed by atoms with Gasteiger partial charge in [0.15, 0.2) is 0 Å². The van der Waals surface area contributed by atoms with Crippen molar-refractivity contribution in [2.45, 2.75) is 19.7 Å². The van der Waals surface area contributed by atoms with Crippen molar-refractivity contribution in [1.29, 1.82) is 0 Å². The Labute approximate surface area is 138 Å². The fourth-order valence-electron chi connectivity index (χ4n) is 2.40. The molecule has 0 unspecified atom stereocenters. The monoisotopic (exact) mass is 329 g/mol. The van der Waals surface area contributed by atoms with E-state index in [0.29, 0.717) is 18.7 Å². The zero-order valence-corrected chi connectivity index (χ0v) is 12.9. The van der Waals surface area contributed by atoms with Gasteiger partial charge in [0.05, 0.1) is 18.5 Å². The lowest BCUT2D eigenvalue weighted by Crippen LogP contribution is -2.12. The molecule has 4 nitrogen and oxygen atoms in total. The van der Waals surface area contributed by atoms with E-state index in [1.807, 2.05) is 6.20 Å². The third kappa shape index (κ3) is 3.84. The molecular weight excluding hydrogens is 312 g/mol. The topological polar surface area (TPSA) is 50.1 Å². The lowest BCUT2D eigenvalue weighted by molar-refractivity contribution is 0.275. The summed E-state index contributed by atoms with van der Waals surface area (Å²) in [5.74, 6) is -0.684. The van der Waals surface area contributed by atoms with Crippen LogP contribution in [0.5, 0.6) is 0 Å². The van der Waals surface area contributed by atoms with Gasteiger partial charge in [-0.1, -0.05) is 6.07 Å². The van der Waals surface area contributed by atoms with Crippen molar-refractivity contribution in [2.75, 3.05) is 0 Å². The second-order valence-electron chi connectivity index (χ2n) is 5.46. The molecule has 3 rings (SSSR count). The predicted octanol–water partition coefficient (Wildman–Crippen LogP) is 2.93. The van der Waals surface area contributed by atoms with Crippen molar-refractivity contribution in [2.24, 2.45) is 0 Å². The molecule has 2 aromatic carbocycles. The zero-order chi connectivity index (χ0) is 16.9. The first kappa shape index (κ1) is 16.3. The minimum Gasteiger partial charge on any atom is -0.392 e. The maximum absolute atomic E-state index is 13.3. The summed E-state index contributed by atoms with van der Waals surface area (Å²) in [6.45, 7) is 0.826. The number of aliphatic hydroxyl groups excluding tert-OH is 1. The molecule has 0 radical (unpaired) electrons. The van der Waals surface area contributed by atoms with Crippen molar-refractivity contribution in [3.8, 4) is 5.69 Å². The molecule has 0 aliphatic carbocycles. The Kier molecular flexibility index (Phi) is 4.98. The predicted molar refractivity (Wildman–Crippen MR) is 86.4 cm³/mol. The number of hydrogen-bond donors (Lipinski definition) is 2. The molecule has 2 N–H and O–H groups in total. The fourth-order valence-corrected chi connectivity index (χ4v) is 2.40. The fraction of sp³-hybridized carbons (Fsp3) is 0.167. The van der Waals surface area contributed by atoms with Crippen LogP contribution >= 0.6 is 0 Å². The Balaban J connectivity index is 1.59. The van der Waals surface area contributed by atoms with Gasteiger partial charge in [0.1, 0.15) is 11.6 Å². The second kappa shape index (κ2) is 7.33. The first-order chi connectivity index (χ1) is 11.7. The molecule has 0 bridgehead atoms. The van der Waals surface area contributed by atoms with E-state index in [2.05, 4.69) is 10.4 Å². The van der Waals surface area contributed by atoms with E-state index in [1.165, 1.54) is 18.2 Å². The lowest BCUT2D eigenvalue weighted by atomic mass is 10.1. The van der Waals surface area contributed by atoms with Gasteiger partial charge < -0.3 is 10.4 Å². The van der Waals surface area contributed by atoms with Gasteiger partial charge in [-0.25, -0.2) is 13.5 Å². The van der Waals surface area contributed by atoms with Crippen molar-refractivity contribution in [3.63, 3.8) is 0 Å². The third-order valence-electron chi connectivity index (χ3n) is 3.67. The summed E-state index contributed by atoms with van der Waals surface area (Å²) in [6, 6.07) is 10.8. The first-order valence-corrected chi connectivity index (χ1v) is 7.54. The van der Waals surface area contributed by atoms with Gasteiger partial charge in [-0.15, -0.1) is 0 Å². The Morgan fingerprint density at radius 2 is 1.75 bits per heavy atom. The largest absolute Gasteiger partial charge is 0.392 e. The number of benzene rings is 2. The number of rotatable bonds is 6. The maximum Gasteiger partial charge on any atom is 0.128 e. The minimum absolute atomic E-state index is 0.283. The molecule has 1 heterocycles. The highest BCUT2D eigenvalue weighted by Crippen LogP contribution is 2.12. The highest BCUT2D eigenvalue weighted by Gasteiger charge is 2.04. The van der Waals surface area contributed by atoms with Gasteiger partial charge in [0.25, 0.3) is 0 Å². The summed E-state index contributed by atoms with van der Waals surface area (Å²) in [7, 11) is 0. The quantitative estimate of drug-likeness (QED) is 0.731. The van der Waals surface area contributed by atoms with Gasteiger partial charge in [0, 0.05) is 30.4 Å². The Bertz CT molecular complexity index is 815. The van der Waals surface area contributed by atoms with E-state index in [9.17, 15) is 8.78 Å². The van der Waals surface area contributed by atoms with Crippen LogP contribution in [0, 0.1) is 11.6 Å². The molecule has 0 fully saturated rings. The molecule has 0 saturated heterocycles. The molecule has 0 aliphatic rings. The van der Waals surface area contributed by atoms with Gasteiger partial charge in [-0.2, -0.15) is 5.10 Å². The number of nitrogens with zero attached hydrogens (tertiary/aromatic N) is 2. The van der Waals surface area contributed by atoms with Crippen LogP contribution in [0.3, 0.4) is 0 Å². The molecule has 0 atom stereocenters. The van der Waals surface area contributed by atoms with E-state index in [1.54, 1.807) is 35.1 Å². The maximum atomic E-state index is 13.3. The molecule has 3 aromatic rings. The van der Waals surface area contributed by atoms with Gasteiger partial charge >= 0.3 is 0 Å². The van der Waals surface area contributed by atoms with E-state index in [-0.39, 0.29) is 12.4 Å². The molecule has 1 aromatic heterocycles. The number of aliphatic hydroxyl groups is 1. The summed E-state index contributed by atoms with van der Waals surface area (Å²) in [4.78, 5) is 0. The van der Waals surface area contributed by atoms with Crippen LogP contribution in [0.2, 0.25) is 0 Å². The van der Waals surface area contributed by atoms with E-state index >= 15 is 0 Å². The molecule has 124 valence electrons. The minimum atomic E-state index is -0.401. The molecule has 0 spiro atoms. The molecule has 6 heteroatoms.